The molecular weight excluding hydrogens is 198 g/mol. The lowest BCUT2D eigenvalue weighted by Crippen LogP contribution is -2.25. The van der Waals surface area contributed by atoms with E-state index in [9.17, 15) is 10.1 Å². The molecule has 0 amide bonds. The third kappa shape index (κ3) is 3.03. The molecule has 0 aromatic heterocycles. The van der Waals surface area contributed by atoms with Crippen LogP contribution in [0.3, 0.4) is 0 Å². The summed E-state index contributed by atoms with van der Waals surface area (Å²) in [5, 5.41) is 10.5. The van der Waals surface area contributed by atoms with Crippen LogP contribution in [-0.4, -0.2) is 16.2 Å². The predicted molar refractivity (Wildman–Crippen MR) is 58.2 cm³/mol. The summed E-state index contributed by atoms with van der Waals surface area (Å²) in [6.45, 7) is 3.52. The van der Waals surface area contributed by atoms with Crippen molar-refractivity contribution in [1.29, 1.82) is 0 Å². The van der Waals surface area contributed by atoms with Crippen LogP contribution in [0.25, 0.3) is 0 Å². The van der Waals surface area contributed by atoms with Crippen LogP contribution < -0.4 is 0 Å². The van der Waals surface area contributed by atoms with Crippen LogP contribution in [0.15, 0.2) is 35.2 Å². The zero-order valence-corrected chi connectivity index (χ0v) is 9.03. The van der Waals surface area contributed by atoms with Crippen LogP contribution in [0, 0.1) is 10.1 Å². The van der Waals surface area contributed by atoms with Gasteiger partial charge in [-0.05, 0) is 19.1 Å². The first kappa shape index (κ1) is 11.0. The maximum Gasteiger partial charge on any atom is 0.222 e. The molecule has 1 aromatic carbocycles. The average Bonchev–Trinajstić information content (AvgIpc) is 2.18. The van der Waals surface area contributed by atoms with Gasteiger partial charge in [0.1, 0.15) is 0 Å². The molecule has 1 rings (SSSR count). The van der Waals surface area contributed by atoms with Gasteiger partial charge in [0.05, 0.1) is 5.25 Å². The van der Waals surface area contributed by atoms with Crippen LogP contribution in [0.2, 0.25) is 0 Å². The maximum atomic E-state index is 10.5. The van der Waals surface area contributed by atoms with Crippen LogP contribution >= 0.6 is 11.8 Å². The first-order valence-electron chi connectivity index (χ1n) is 4.46. The van der Waals surface area contributed by atoms with E-state index in [1.54, 1.807) is 6.92 Å². The fourth-order valence-corrected chi connectivity index (χ4v) is 2.02. The Morgan fingerprint density at radius 2 is 1.86 bits per heavy atom. The van der Waals surface area contributed by atoms with E-state index in [0.29, 0.717) is 0 Å². The van der Waals surface area contributed by atoms with Gasteiger partial charge in [-0.1, -0.05) is 18.2 Å². The van der Waals surface area contributed by atoms with Crippen molar-refractivity contribution >= 4 is 11.8 Å². The van der Waals surface area contributed by atoms with Gasteiger partial charge < -0.3 is 0 Å². The van der Waals surface area contributed by atoms with Crippen molar-refractivity contribution in [2.45, 2.75) is 30.0 Å². The van der Waals surface area contributed by atoms with Crippen LogP contribution in [0.1, 0.15) is 13.8 Å². The summed E-state index contributed by atoms with van der Waals surface area (Å²) in [7, 11) is 0. The minimum atomic E-state index is -0.514. The topological polar surface area (TPSA) is 43.1 Å². The molecule has 1 aromatic rings. The average molecular weight is 211 g/mol. The van der Waals surface area contributed by atoms with Crippen LogP contribution in [0.5, 0.6) is 0 Å². The highest BCUT2D eigenvalue weighted by Gasteiger charge is 2.22. The second kappa shape index (κ2) is 5.00. The number of hydrogen-bond acceptors (Lipinski definition) is 3. The molecule has 0 aliphatic rings. The molecule has 0 radical (unpaired) electrons. The molecule has 0 N–H and O–H groups in total. The van der Waals surface area contributed by atoms with E-state index in [1.807, 2.05) is 37.3 Å². The molecule has 3 nitrogen and oxygen atoms in total. The van der Waals surface area contributed by atoms with Crippen molar-refractivity contribution in [2.24, 2.45) is 0 Å². The Morgan fingerprint density at radius 1 is 1.29 bits per heavy atom. The summed E-state index contributed by atoms with van der Waals surface area (Å²) in [4.78, 5) is 11.4. The Hall–Kier alpha value is -1.03. The molecule has 0 fully saturated rings. The Morgan fingerprint density at radius 3 is 2.36 bits per heavy atom. The SMILES string of the molecule is C[C@H]([C@@H](C)Sc1ccccc1)[N+](=O)[O-]. The van der Waals surface area contributed by atoms with Gasteiger partial charge in [0.15, 0.2) is 0 Å². The number of hydrogen-bond donors (Lipinski definition) is 0. The normalized spacial score (nSPS) is 14.7. The second-order valence-electron chi connectivity index (χ2n) is 3.16. The van der Waals surface area contributed by atoms with E-state index >= 15 is 0 Å². The highest BCUT2D eigenvalue weighted by atomic mass is 32.2. The molecule has 0 saturated carbocycles. The van der Waals surface area contributed by atoms with E-state index in [1.165, 1.54) is 11.8 Å². The largest absolute Gasteiger partial charge is 0.264 e. The van der Waals surface area contributed by atoms with E-state index < -0.39 is 6.04 Å². The van der Waals surface area contributed by atoms with Gasteiger partial charge in [-0.25, -0.2) is 0 Å². The fraction of sp³-hybridized carbons (Fsp3) is 0.400. The summed E-state index contributed by atoms with van der Waals surface area (Å²) in [5.41, 5.74) is 0. The van der Waals surface area contributed by atoms with Gasteiger partial charge in [-0.2, -0.15) is 0 Å². The van der Waals surface area contributed by atoms with Gasteiger partial charge in [-0.15, -0.1) is 11.8 Å². The Bertz CT molecular complexity index is 302. The van der Waals surface area contributed by atoms with Gasteiger partial charge in [0, 0.05) is 16.7 Å². The maximum absolute atomic E-state index is 10.5. The first-order valence-corrected chi connectivity index (χ1v) is 5.34. The molecule has 2 atom stereocenters. The van der Waals surface area contributed by atoms with E-state index in [2.05, 4.69) is 0 Å². The molecule has 0 saturated heterocycles. The van der Waals surface area contributed by atoms with Gasteiger partial charge in [-0.3, -0.25) is 10.1 Å². The molecule has 14 heavy (non-hydrogen) atoms. The fourth-order valence-electron chi connectivity index (χ4n) is 0.984. The van der Waals surface area contributed by atoms with Crippen molar-refractivity contribution in [3.8, 4) is 0 Å². The number of benzene rings is 1. The van der Waals surface area contributed by atoms with Crippen LogP contribution in [-0.2, 0) is 0 Å². The highest BCUT2D eigenvalue weighted by molar-refractivity contribution is 8.00. The molecule has 0 unspecified atom stereocenters. The summed E-state index contributed by atoms with van der Waals surface area (Å²) >= 11 is 1.54. The van der Waals surface area contributed by atoms with Crippen molar-refractivity contribution < 1.29 is 4.92 Å². The lowest BCUT2D eigenvalue weighted by molar-refractivity contribution is -0.516. The Kier molecular flexibility index (Phi) is 3.95. The van der Waals surface area contributed by atoms with Gasteiger partial charge in [0.2, 0.25) is 6.04 Å². The molecule has 76 valence electrons. The minimum absolute atomic E-state index is 0.00704. The molecule has 0 heterocycles. The minimum Gasteiger partial charge on any atom is -0.264 e. The van der Waals surface area contributed by atoms with Gasteiger partial charge in [0.25, 0.3) is 0 Å². The molecular formula is C10H13NO2S. The number of thioether (sulfide) groups is 1. The second-order valence-corrected chi connectivity index (χ2v) is 4.61. The number of nitro groups is 1. The molecule has 0 aliphatic carbocycles. The number of nitrogens with zero attached hydrogens (tertiary/aromatic N) is 1. The third-order valence-corrected chi connectivity index (χ3v) is 3.39. The quantitative estimate of drug-likeness (QED) is 0.437. The summed E-state index contributed by atoms with van der Waals surface area (Å²) < 4.78 is 0. The molecule has 0 aliphatic heterocycles. The summed E-state index contributed by atoms with van der Waals surface area (Å²) in [6, 6.07) is 9.23. The predicted octanol–water partition coefficient (Wildman–Crippen LogP) is 2.83. The first-order chi connectivity index (χ1) is 6.61. The summed E-state index contributed by atoms with van der Waals surface area (Å²) in [6.07, 6.45) is 0. The number of rotatable bonds is 4. The van der Waals surface area contributed by atoms with Crippen molar-refractivity contribution in [1.82, 2.24) is 0 Å². The molecule has 0 bridgehead atoms. The van der Waals surface area contributed by atoms with E-state index in [4.69, 9.17) is 0 Å². The highest BCUT2D eigenvalue weighted by Crippen LogP contribution is 2.25. The Balaban J connectivity index is 2.57. The van der Waals surface area contributed by atoms with Crippen molar-refractivity contribution in [3.63, 3.8) is 0 Å². The standard InChI is InChI=1S/C10H13NO2S/c1-8(11(12)13)9(2)14-10-6-4-3-5-7-10/h3-9H,1-2H3/t8-,9-/m1/s1. The van der Waals surface area contributed by atoms with Crippen LogP contribution in [0.4, 0.5) is 0 Å². The van der Waals surface area contributed by atoms with E-state index in [0.717, 1.165) is 4.90 Å². The Labute approximate surface area is 87.7 Å². The van der Waals surface area contributed by atoms with Gasteiger partial charge >= 0.3 is 0 Å². The monoisotopic (exact) mass is 211 g/mol. The zero-order valence-electron chi connectivity index (χ0n) is 8.21. The van der Waals surface area contributed by atoms with Crippen molar-refractivity contribution in [2.75, 3.05) is 0 Å². The lowest BCUT2D eigenvalue weighted by Gasteiger charge is -2.12. The third-order valence-electron chi connectivity index (χ3n) is 2.08. The molecule has 4 heteroatoms. The molecule has 0 spiro atoms. The summed E-state index contributed by atoms with van der Waals surface area (Å²) in [5.74, 6) is 0. The smallest absolute Gasteiger partial charge is 0.222 e. The zero-order chi connectivity index (χ0) is 10.6. The van der Waals surface area contributed by atoms with E-state index in [-0.39, 0.29) is 10.2 Å². The van der Waals surface area contributed by atoms with Crippen molar-refractivity contribution in [3.05, 3.63) is 40.4 Å². The lowest BCUT2D eigenvalue weighted by atomic mass is 10.3.